The molecule has 1 unspecified atom stereocenters. The zero-order valence-corrected chi connectivity index (χ0v) is 12.0. The summed E-state index contributed by atoms with van der Waals surface area (Å²) in [5, 5.41) is 0. The number of anilines is 1. The van der Waals surface area contributed by atoms with Crippen molar-refractivity contribution in [2.45, 2.75) is 18.7 Å². The molecule has 0 aliphatic carbocycles. The summed E-state index contributed by atoms with van der Waals surface area (Å²) in [6.45, 7) is 5.35. The molecule has 0 fully saturated rings. The van der Waals surface area contributed by atoms with Crippen LogP contribution in [-0.4, -0.2) is 21.5 Å². The highest BCUT2D eigenvalue weighted by Crippen LogP contribution is 2.44. The summed E-state index contributed by atoms with van der Waals surface area (Å²) in [6.07, 6.45) is 0. The summed E-state index contributed by atoms with van der Waals surface area (Å²) < 4.78 is 0.746. The van der Waals surface area contributed by atoms with Gasteiger partial charge in [0, 0.05) is 16.3 Å². The van der Waals surface area contributed by atoms with E-state index in [1.807, 2.05) is 0 Å². The first-order chi connectivity index (χ1) is 7.65. The van der Waals surface area contributed by atoms with Crippen molar-refractivity contribution in [1.29, 1.82) is 0 Å². The number of thiocarbonyl (C=S) groups is 1. The van der Waals surface area contributed by atoms with Crippen molar-refractivity contribution in [1.82, 2.24) is 0 Å². The molecule has 0 radical (unpaired) electrons. The van der Waals surface area contributed by atoms with E-state index in [0.717, 1.165) is 16.6 Å². The van der Waals surface area contributed by atoms with E-state index in [4.69, 9.17) is 12.2 Å². The number of para-hydroxylation sites is 1. The highest BCUT2D eigenvalue weighted by molar-refractivity contribution is 8.24. The van der Waals surface area contributed by atoms with Crippen molar-refractivity contribution in [3.05, 3.63) is 24.3 Å². The van der Waals surface area contributed by atoms with Gasteiger partial charge >= 0.3 is 0 Å². The molecule has 0 spiro atoms. The Morgan fingerprint density at radius 1 is 1.50 bits per heavy atom. The van der Waals surface area contributed by atoms with Crippen LogP contribution in [-0.2, 0) is 0 Å². The summed E-state index contributed by atoms with van der Waals surface area (Å²) in [5.41, 5.74) is 1.36. The summed E-state index contributed by atoms with van der Waals surface area (Å²) in [4.78, 5) is 5.06. The van der Waals surface area contributed by atoms with Gasteiger partial charge in [0.1, 0.15) is 0 Å². The van der Waals surface area contributed by atoms with E-state index in [1.54, 1.807) is 0 Å². The van der Waals surface area contributed by atoms with Gasteiger partial charge in [-0.3, -0.25) is 0 Å². The van der Waals surface area contributed by atoms with E-state index >= 15 is 0 Å². The first-order valence-electron chi connectivity index (χ1n) is 5.27. The Morgan fingerprint density at radius 2 is 2.19 bits per heavy atom. The lowest BCUT2D eigenvalue weighted by molar-refractivity contribution is 0.951. The lowest BCUT2D eigenvalue weighted by Crippen LogP contribution is -2.18. The van der Waals surface area contributed by atoms with Crippen molar-refractivity contribution in [3.63, 3.8) is 0 Å². The molecule has 0 amide bonds. The maximum absolute atomic E-state index is 5.17. The second-order valence-corrected chi connectivity index (χ2v) is 6.95. The van der Waals surface area contributed by atoms with Crippen LogP contribution in [0.1, 0.15) is 13.8 Å². The minimum absolute atomic E-state index is 0.118. The summed E-state index contributed by atoms with van der Waals surface area (Å²) in [7, 11) is 0.118. The molecule has 16 heavy (non-hydrogen) atoms. The van der Waals surface area contributed by atoms with Gasteiger partial charge in [-0.15, -0.1) is 23.1 Å². The third-order valence-electron chi connectivity index (χ3n) is 2.81. The van der Waals surface area contributed by atoms with Gasteiger partial charge in [-0.25, -0.2) is 0 Å². The molecule has 2 rings (SSSR count). The van der Waals surface area contributed by atoms with Crippen LogP contribution in [0.3, 0.4) is 0 Å². The van der Waals surface area contributed by atoms with E-state index in [2.05, 4.69) is 55.6 Å². The number of hydrogen-bond donors (Lipinski definition) is 1. The molecular formula is C12H15NS3. The molecular weight excluding hydrogens is 254 g/mol. The van der Waals surface area contributed by atoms with Crippen molar-refractivity contribution in [2.24, 2.45) is 0 Å². The fourth-order valence-electron chi connectivity index (χ4n) is 1.85. The monoisotopic (exact) mass is 269 g/mol. The van der Waals surface area contributed by atoms with Crippen LogP contribution in [0, 0.1) is 0 Å². The Balaban J connectivity index is 2.56. The fraction of sp³-hybridized carbons (Fsp3) is 0.333. The van der Waals surface area contributed by atoms with Gasteiger partial charge in [-0.1, -0.05) is 24.4 Å². The SMILES string of the molecule is CCN1CS(=C(C)C(=S)S)c2ccccc21. The van der Waals surface area contributed by atoms with Gasteiger partial charge in [0.05, 0.1) is 15.8 Å². The predicted octanol–water partition coefficient (Wildman–Crippen LogP) is 3.56. The van der Waals surface area contributed by atoms with Crippen LogP contribution in [0.2, 0.25) is 0 Å². The van der Waals surface area contributed by atoms with Crippen molar-refractivity contribution < 1.29 is 0 Å². The average Bonchev–Trinajstić information content (AvgIpc) is 2.66. The standard InChI is InChI=1S/C12H15NS3/c1-3-13-8-16(9(2)12(14)15)11-7-5-4-6-10(11)13/h4-7H,3,8H2,1-2H3,(H,14,15). The van der Waals surface area contributed by atoms with E-state index in [9.17, 15) is 0 Å². The number of hydrogen-bond acceptors (Lipinski definition) is 2. The first kappa shape index (κ1) is 12.1. The molecule has 1 aromatic carbocycles. The molecule has 1 aromatic rings. The van der Waals surface area contributed by atoms with Gasteiger partial charge in [0.15, 0.2) is 0 Å². The Labute approximate surface area is 110 Å². The van der Waals surface area contributed by atoms with Crippen molar-refractivity contribution in [2.75, 3.05) is 17.3 Å². The average molecular weight is 269 g/mol. The molecule has 1 heterocycles. The summed E-state index contributed by atoms with van der Waals surface area (Å²) >= 11 is 9.48. The van der Waals surface area contributed by atoms with Gasteiger partial charge in [-0.05, 0) is 26.0 Å². The largest absolute Gasteiger partial charge is 0.362 e. The zero-order valence-electron chi connectivity index (χ0n) is 9.43. The molecule has 0 N–H and O–H groups in total. The first-order valence-corrected chi connectivity index (χ1v) is 7.51. The molecule has 86 valence electrons. The van der Waals surface area contributed by atoms with Gasteiger partial charge < -0.3 is 4.90 Å². The lowest BCUT2D eigenvalue weighted by Gasteiger charge is -2.15. The Morgan fingerprint density at radius 3 is 2.81 bits per heavy atom. The zero-order chi connectivity index (χ0) is 11.7. The minimum Gasteiger partial charge on any atom is -0.362 e. The smallest absolute Gasteiger partial charge is 0.0763 e. The molecule has 0 saturated heterocycles. The van der Waals surface area contributed by atoms with E-state index in [1.165, 1.54) is 15.4 Å². The number of rotatable bonds is 2. The van der Waals surface area contributed by atoms with Gasteiger partial charge in [0.2, 0.25) is 0 Å². The van der Waals surface area contributed by atoms with E-state index < -0.39 is 0 Å². The molecule has 1 nitrogen and oxygen atoms in total. The van der Waals surface area contributed by atoms with E-state index in [0.29, 0.717) is 0 Å². The van der Waals surface area contributed by atoms with Gasteiger partial charge in [0.25, 0.3) is 0 Å². The molecule has 0 bridgehead atoms. The number of benzene rings is 1. The second-order valence-electron chi connectivity index (χ2n) is 3.70. The Bertz CT molecular complexity index is 465. The normalized spacial score (nSPS) is 19.6. The molecule has 4 heteroatoms. The molecule has 0 saturated carbocycles. The van der Waals surface area contributed by atoms with Crippen LogP contribution in [0.25, 0.3) is 0 Å². The quantitative estimate of drug-likeness (QED) is 0.646. The Hall–Kier alpha value is -0.320. The highest BCUT2D eigenvalue weighted by Gasteiger charge is 2.22. The Kier molecular flexibility index (Phi) is 3.72. The minimum atomic E-state index is 0.118. The van der Waals surface area contributed by atoms with Crippen molar-refractivity contribution in [3.8, 4) is 0 Å². The fourth-order valence-corrected chi connectivity index (χ4v) is 4.68. The number of nitrogens with zero attached hydrogens (tertiary/aromatic N) is 1. The molecule has 1 aliphatic heterocycles. The maximum atomic E-state index is 5.17. The van der Waals surface area contributed by atoms with Crippen LogP contribution in [0.15, 0.2) is 29.2 Å². The van der Waals surface area contributed by atoms with Crippen LogP contribution >= 0.6 is 35.3 Å². The lowest BCUT2D eigenvalue weighted by atomic mass is 10.3. The second kappa shape index (κ2) is 4.90. The number of fused-ring (bicyclic) bond motifs is 1. The summed E-state index contributed by atoms with van der Waals surface area (Å²) in [5.74, 6) is 1.06. The molecule has 1 aliphatic rings. The van der Waals surface area contributed by atoms with Crippen LogP contribution < -0.4 is 4.90 Å². The van der Waals surface area contributed by atoms with Crippen LogP contribution in [0.4, 0.5) is 5.69 Å². The molecule has 0 aromatic heterocycles. The number of thiol groups is 1. The topological polar surface area (TPSA) is 3.24 Å². The van der Waals surface area contributed by atoms with Crippen LogP contribution in [0.5, 0.6) is 0 Å². The summed E-state index contributed by atoms with van der Waals surface area (Å²) in [6, 6.07) is 8.61. The van der Waals surface area contributed by atoms with Crippen molar-refractivity contribution >= 4 is 50.1 Å². The third kappa shape index (κ3) is 2.06. The third-order valence-corrected chi connectivity index (χ3v) is 6.12. The highest BCUT2D eigenvalue weighted by atomic mass is 32.2. The van der Waals surface area contributed by atoms with E-state index in [-0.39, 0.29) is 10.5 Å². The predicted molar refractivity (Wildman–Crippen MR) is 82.5 cm³/mol. The van der Waals surface area contributed by atoms with Gasteiger partial charge in [-0.2, -0.15) is 0 Å². The molecule has 1 atom stereocenters. The maximum Gasteiger partial charge on any atom is 0.0763 e.